The second-order valence-corrected chi connectivity index (χ2v) is 4.85. The maximum Gasteiger partial charge on any atom is 0.409 e. The van der Waals surface area contributed by atoms with E-state index in [1.165, 1.54) is 18.2 Å². The lowest BCUT2D eigenvalue weighted by atomic mass is 10.2. The van der Waals surface area contributed by atoms with Crippen molar-refractivity contribution in [2.24, 2.45) is 11.5 Å². The van der Waals surface area contributed by atoms with Gasteiger partial charge < -0.3 is 31.1 Å². The van der Waals surface area contributed by atoms with Gasteiger partial charge in [-0.3, -0.25) is 0 Å². The number of aldehydes is 1. The molecule has 0 bridgehead atoms. The molecule has 0 unspecified atom stereocenters. The largest absolute Gasteiger partial charge is 0.409 e. The molecule has 2 amide bonds. The Morgan fingerprint density at radius 1 is 1.36 bits per heavy atom. The van der Waals surface area contributed by atoms with Crippen molar-refractivity contribution in [2.45, 2.75) is 5.24 Å². The first-order valence-electron chi connectivity index (χ1n) is 5.73. The molecule has 0 aliphatic carbocycles. The molecule has 10 heteroatoms. The van der Waals surface area contributed by atoms with Crippen LogP contribution < -0.4 is 16.8 Å². The van der Waals surface area contributed by atoms with E-state index in [4.69, 9.17) is 26.2 Å². The van der Waals surface area contributed by atoms with Gasteiger partial charge in [-0.25, -0.2) is 9.59 Å². The van der Waals surface area contributed by atoms with Crippen LogP contribution in [0.3, 0.4) is 0 Å². The first-order valence-corrected chi connectivity index (χ1v) is 6.72. The lowest BCUT2D eigenvalue weighted by Gasteiger charge is -2.30. The Morgan fingerprint density at radius 2 is 2.00 bits per heavy atom. The van der Waals surface area contributed by atoms with E-state index in [2.05, 4.69) is 5.32 Å². The molecule has 22 heavy (non-hydrogen) atoms. The highest BCUT2D eigenvalue weighted by molar-refractivity contribution is 8.01. The van der Waals surface area contributed by atoms with E-state index in [-0.39, 0.29) is 11.4 Å². The molecule has 5 N–H and O–H groups in total. The number of rotatable bonds is 7. The van der Waals surface area contributed by atoms with Crippen molar-refractivity contribution in [3.8, 4) is 6.07 Å². The number of benzene rings is 1. The summed E-state index contributed by atoms with van der Waals surface area (Å²) in [6, 6.07) is 7.92. The van der Waals surface area contributed by atoms with Gasteiger partial charge in [0.05, 0.1) is 17.4 Å². The van der Waals surface area contributed by atoms with Crippen molar-refractivity contribution in [3.05, 3.63) is 29.8 Å². The Hall–Kier alpha value is -2.93. The predicted molar refractivity (Wildman–Crippen MR) is 77.4 cm³/mol. The summed E-state index contributed by atoms with van der Waals surface area (Å²) in [6.45, 7) is 0. The van der Waals surface area contributed by atoms with Gasteiger partial charge in [-0.1, -0.05) is 6.07 Å². The summed E-state index contributed by atoms with van der Waals surface area (Å²) in [4.78, 5) is 32.6. The van der Waals surface area contributed by atoms with E-state index < -0.39 is 17.4 Å². The zero-order valence-corrected chi connectivity index (χ0v) is 12.0. The summed E-state index contributed by atoms with van der Waals surface area (Å²) in [7, 11) is 0. The van der Waals surface area contributed by atoms with Crippen molar-refractivity contribution in [2.75, 3.05) is 11.1 Å². The van der Waals surface area contributed by atoms with Crippen molar-refractivity contribution >= 4 is 35.9 Å². The average Bonchev–Trinajstić information content (AvgIpc) is 2.44. The molecule has 9 nitrogen and oxygen atoms in total. The number of hydrogen-bond acceptors (Lipinski definition) is 8. The number of nitriles is 1. The van der Waals surface area contributed by atoms with E-state index in [9.17, 15) is 14.4 Å². The van der Waals surface area contributed by atoms with Gasteiger partial charge in [-0.05, 0) is 30.0 Å². The van der Waals surface area contributed by atoms with Crippen molar-refractivity contribution in [1.82, 2.24) is 0 Å². The van der Waals surface area contributed by atoms with Gasteiger partial charge in [-0.15, -0.1) is 0 Å². The summed E-state index contributed by atoms with van der Waals surface area (Å²) >= 11 is 0.626. The fraction of sp³-hybridized carbons (Fsp3) is 0.167. The molecule has 0 heterocycles. The number of nitrogens with two attached hydrogens (primary N) is 2. The number of carbonyl (C=O) groups is 3. The Kier molecular flexibility index (Phi) is 6.03. The smallest absolute Gasteiger partial charge is 0.378 e. The third-order valence-electron chi connectivity index (χ3n) is 2.10. The number of anilines is 1. The van der Waals surface area contributed by atoms with Crippen LogP contribution in [0.5, 0.6) is 0 Å². The molecule has 0 aromatic heterocycles. The van der Waals surface area contributed by atoms with Gasteiger partial charge in [0.25, 0.3) is 0 Å². The minimum Gasteiger partial charge on any atom is -0.378 e. The van der Waals surface area contributed by atoms with Crippen molar-refractivity contribution in [1.29, 1.82) is 5.26 Å². The third kappa shape index (κ3) is 5.22. The highest BCUT2D eigenvalue weighted by Crippen LogP contribution is 2.30. The molecule has 0 atom stereocenters. The Morgan fingerprint density at radius 3 is 2.50 bits per heavy atom. The van der Waals surface area contributed by atoms with Crippen LogP contribution in [-0.4, -0.2) is 29.5 Å². The molecule has 116 valence electrons. The molecule has 0 aliphatic heterocycles. The number of nitrogens with one attached hydrogen (secondary N) is 1. The number of nitrogens with zero attached hydrogens (tertiary/aromatic N) is 1. The normalized spacial score (nSPS) is 10.1. The number of primary amides is 2. The van der Waals surface area contributed by atoms with Gasteiger partial charge in [0, 0.05) is 5.69 Å². The Balaban J connectivity index is 3.14. The van der Waals surface area contributed by atoms with Crippen LogP contribution in [-0.2, 0) is 14.3 Å². The average molecular weight is 324 g/mol. The van der Waals surface area contributed by atoms with Crippen LogP contribution in [0.15, 0.2) is 24.3 Å². The molecule has 0 fully saturated rings. The molecule has 0 aliphatic rings. The molecular formula is C12H12N4O5S. The zero-order valence-electron chi connectivity index (χ0n) is 11.1. The Labute approximate surface area is 129 Å². The molecule has 0 radical (unpaired) electrons. The summed E-state index contributed by atoms with van der Waals surface area (Å²) in [6.07, 6.45) is -2.02. The molecule has 1 aromatic rings. The van der Waals surface area contributed by atoms with Gasteiger partial charge >= 0.3 is 17.4 Å². The van der Waals surface area contributed by atoms with E-state index in [1.54, 1.807) is 6.07 Å². The van der Waals surface area contributed by atoms with Crippen LogP contribution in [0.4, 0.5) is 15.3 Å². The van der Waals surface area contributed by atoms with Crippen LogP contribution in [0.2, 0.25) is 0 Å². The van der Waals surface area contributed by atoms with E-state index in [0.717, 1.165) is 0 Å². The first-order chi connectivity index (χ1) is 10.4. The molecule has 1 rings (SSSR count). The molecule has 1 aromatic carbocycles. The van der Waals surface area contributed by atoms with E-state index >= 15 is 0 Å². The first kappa shape index (κ1) is 17.1. The standard InChI is InChI=1S/C12H12N4O5S/c13-7-8-2-1-3-9(6-8)16-12(20-10(14)18,21-11(15)19)22-5-4-17/h1-4,6,16H,5H2,(H2,14,18)(H2,15,19). The lowest BCUT2D eigenvalue weighted by Crippen LogP contribution is -2.47. The van der Waals surface area contributed by atoms with Gasteiger partial charge in [0.2, 0.25) is 0 Å². The van der Waals surface area contributed by atoms with Crippen molar-refractivity contribution < 1.29 is 23.9 Å². The van der Waals surface area contributed by atoms with E-state index in [1.807, 2.05) is 6.07 Å². The maximum atomic E-state index is 11.0. The highest BCUT2D eigenvalue weighted by atomic mass is 32.2. The summed E-state index contributed by atoms with van der Waals surface area (Å²) in [5.74, 6) is -0.189. The third-order valence-corrected chi connectivity index (χ3v) is 3.05. The predicted octanol–water partition coefficient (Wildman–Crippen LogP) is 0.704. The lowest BCUT2D eigenvalue weighted by molar-refractivity contribution is -0.106. The number of hydrogen-bond donors (Lipinski definition) is 3. The fourth-order valence-corrected chi connectivity index (χ4v) is 2.18. The van der Waals surface area contributed by atoms with Crippen LogP contribution in [0.1, 0.15) is 5.56 Å². The monoisotopic (exact) mass is 324 g/mol. The number of carbonyl (C=O) groups excluding carboxylic acids is 3. The summed E-state index contributed by atoms with van der Waals surface area (Å²) in [5.41, 5.74) is 10.5. The molecule has 0 saturated carbocycles. The van der Waals surface area contributed by atoms with Gasteiger partial charge in [0.15, 0.2) is 0 Å². The zero-order chi connectivity index (χ0) is 16.6. The second kappa shape index (κ2) is 7.75. The topological polar surface area (TPSA) is 158 Å². The maximum absolute atomic E-state index is 11.0. The highest BCUT2D eigenvalue weighted by Gasteiger charge is 2.39. The second-order valence-electron chi connectivity index (χ2n) is 3.69. The van der Waals surface area contributed by atoms with Crippen LogP contribution in [0, 0.1) is 11.3 Å². The number of thioether (sulfide) groups is 1. The summed E-state index contributed by atoms with van der Waals surface area (Å²) in [5, 5.41) is 9.29. The number of amides is 2. The van der Waals surface area contributed by atoms with Crippen molar-refractivity contribution in [3.63, 3.8) is 0 Å². The van der Waals surface area contributed by atoms with Gasteiger partial charge in [-0.2, -0.15) is 5.26 Å². The molecule has 0 saturated heterocycles. The van der Waals surface area contributed by atoms with Gasteiger partial charge in [0.1, 0.15) is 6.29 Å². The quantitative estimate of drug-likeness (QED) is 0.488. The van der Waals surface area contributed by atoms with E-state index in [0.29, 0.717) is 23.6 Å². The molecular weight excluding hydrogens is 312 g/mol. The Bertz CT molecular complexity index is 600. The molecule has 0 spiro atoms. The van der Waals surface area contributed by atoms with Crippen LogP contribution >= 0.6 is 11.8 Å². The fourth-order valence-electron chi connectivity index (χ4n) is 1.42. The van der Waals surface area contributed by atoms with Crippen LogP contribution in [0.25, 0.3) is 0 Å². The minimum absolute atomic E-state index is 0.189. The SMILES string of the molecule is N#Cc1cccc(NC(OC(N)=O)(OC(N)=O)SCC=O)c1. The summed E-state index contributed by atoms with van der Waals surface area (Å²) < 4.78 is 9.51. The number of ether oxygens (including phenoxy) is 2. The minimum atomic E-state index is -2.13.